The van der Waals surface area contributed by atoms with Gasteiger partial charge in [-0.1, -0.05) is 44.6 Å². The Labute approximate surface area is 317 Å². The number of benzene rings is 1. The number of rotatable bonds is 5. The van der Waals surface area contributed by atoms with E-state index >= 15 is 0 Å². The molecule has 5 atom stereocenters. The maximum atomic E-state index is 13.5. The topological polar surface area (TPSA) is 112 Å². The molecule has 3 saturated heterocycles. The first kappa shape index (κ1) is 40.6. The van der Waals surface area contributed by atoms with Crippen LogP contribution in [0.4, 0.5) is 15.3 Å². The fraction of sp³-hybridized carbons (Fsp3) is 0.690. The quantitative estimate of drug-likeness (QED) is 0.196. The zero-order valence-electron chi connectivity index (χ0n) is 33.0. The summed E-state index contributed by atoms with van der Waals surface area (Å²) in [6, 6.07) is 8.76. The molecule has 4 aliphatic rings. The van der Waals surface area contributed by atoms with E-state index in [2.05, 4.69) is 21.9 Å². The molecule has 11 nitrogen and oxygen atoms in total. The molecule has 1 N–H and O–H groups in total. The number of carbonyl (C=O) groups is 3. The Bertz CT molecular complexity index is 1430. The van der Waals surface area contributed by atoms with Gasteiger partial charge in [0.05, 0.1) is 12.5 Å². The summed E-state index contributed by atoms with van der Waals surface area (Å²) in [7, 11) is 0. The number of cyclic esters (lactones) is 1. The van der Waals surface area contributed by atoms with Gasteiger partial charge < -0.3 is 38.9 Å². The smallest absolute Gasteiger partial charge is 0.410 e. The second-order valence-electron chi connectivity index (χ2n) is 16.7. The van der Waals surface area contributed by atoms with Crippen molar-refractivity contribution in [1.82, 2.24) is 14.7 Å². The first-order valence-corrected chi connectivity index (χ1v) is 20.0. The number of aliphatic hydroxyl groups is 1. The van der Waals surface area contributed by atoms with E-state index < -0.39 is 29.9 Å². The zero-order valence-corrected chi connectivity index (χ0v) is 33.0. The standard InChI is InChI=1S/C42H64N4O7/c1-30-13-15-36(47)29-38(48)52-39(31(2)14-16-37(30)51-40(49)45-21-17-34(18-22-45)43-19-8-7-9-20-43)32(3)27-33-11-10-12-35(28-33)44-23-25-46(26-24-44)41(50)53-42(4,5)6/h10-12,14,16,27-28,30-31,34,36-37,39,47H,7-9,13,15,17-26,29H2,1-6H3/b16-14+,32-27+/t30-,31-,36+,37-,39-/m0/s1. The lowest BCUT2D eigenvalue weighted by Gasteiger charge is -2.40. The summed E-state index contributed by atoms with van der Waals surface area (Å²) in [5.41, 5.74) is 2.36. The van der Waals surface area contributed by atoms with E-state index in [9.17, 15) is 19.5 Å². The minimum absolute atomic E-state index is 0.0396. The highest BCUT2D eigenvalue weighted by Gasteiger charge is 2.32. The Balaban J connectivity index is 1.25. The number of aliphatic hydroxyl groups excluding tert-OH is 1. The van der Waals surface area contributed by atoms with Gasteiger partial charge in [0, 0.05) is 56.9 Å². The van der Waals surface area contributed by atoms with Crippen LogP contribution in [0.5, 0.6) is 0 Å². The molecule has 4 aliphatic heterocycles. The molecule has 0 unspecified atom stereocenters. The Morgan fingerprint density at radius 2 is 1.55 bits per heavy atom. The second-order valence-corrected chi connectivity index (χ2v) is 16.7. The largest absolute Gasteiger partial charge is 0.457 e. The first-order chi connectivity index (χ1) is 25.3. The molecule has 1 aromatic carbocycles. The number of anilines is 1. The lowest BCUT2D eigenvalue weighted by atomic mass is 9.91. The van der Waals surface area contributed by atoms with Gasteiger partial charge in [-0.3, -0.25) is 4.79 Å². The zero-order chi connectivity index (χ0) is 38.1. The monoisotopic (exact) mass is 736 g/mol. The predicted octanol–water partition coefficient (Wildman–Crippen LogP) is 6.89. The van der Waals surface area contributed by atoms with Crippen LogP contribution in [0.15, 0.2) is 42.0 Å². The van der Waals surface area contributed by atoms with Gasteiger partial charge in [0.1, 0.15) is 17.8 Å². The molecule has 0 bridgehead atoms. The van der Waals surface area contributed by atoms with E-state index in [4.69, 9.17) is 14.2 Å². The molecule has 0 aliphatic carbocycles. The highest BCUT2D eigenvalue weighted by atomic mass is 16.6. The van der Waals surface area contributed by atoms with Gasteiger partial charge in [-0.2, -0.15) is 0 Å². The summed E-state index contributed by atoms with van der Waals surface area (Å²) in [5.74, 6) is -0.692. The van der Waals surface area contributed by atoms with Crippen molar-refractivity contribution in [3.8, 4) is 0 Å². The van der Waals surface area contributed by atoms with Crippen molar-refractivity contribution >= 4 is 29.9 Å². The molecule has 5 rings (SSSR count). The summed E-state index contributed by atoms with van der Waals surface area (Å²) in [5, 5.41) is 10.8. The number of amides is 2. The number of hydrogen-bond donors (Lipinski definition) is 1. The molecule has 53 heavy (non-hydrogen) atoms. The van der Waals surface area contributed by atoms with Crippen LogP contribution in [0.25, 0.3) is 6.08 Å². The van der Waals surface area contributed by atoms with Crippen LogP contribution in [0.2, 0.25) is 0 Å². The lowest BCUT2D eigenvalue weighted by Crippen LogP contribution is -2.50. The van der Waals surface area contributed by atoms with Crippen molar-refractivity contribution in [3.05, 3.63) is 47.6 Å². The number of carbonyl (C=O) groups excluding carboxylic acids is 3. The molecule has 0 radical (unpaired) electrons. The lowest BCUT2D eigenvalue weighted by molar-refractivity contribution is -0.151. The fourth-order valence-electron chi connectivity index (χ4n) is 7.97. The van der Waals surface area contributed by atoms with Crippen molar-refractivity contribution in [3.63, 3.8) is 0 Å². The van der Waals surface area contributed by atoms with Crippen LogP contribution >= 0.6 is 0 Å². The third-order valence-electron chi connectivity index (χ3n) is 11.1. The van der Waals surface area contributed by atoms with Gasteiger partial charge in [-0.25, -0.2) is 9.59 Å². The summed E-state index contributed by atoms with van der Waals surface area (Å²) in [4.78, 5) is 47.6. The molecule has 0 spiro atoms. The highest BCUT2D eigenvalue weighted by molar-refractivity contribution is 5.71. The van der Waals surface area contributed by atoms with Gasteiger partial charge in [0.2, 0.25) is 0 Å². The van der Waals surface area contributed by atoms with Gasteiger partial charge in [0.15, 0.2) is 0 Å². The van der Waals surface area contributed by atoms with Crippen LogP contribution in [0.1, 0.15) is 98.5 Å². The van der Waals surface area contributed by atoms with Gasteiger partial charge in [0.25, 0.3) is 0 Å². The average Bonchev–Trinajstić information content (AvgIpc) is 3.13. The Kier molecular flexibility index (Phi) is 14.3. The Morgan fingerprint density at radius 3 is 2.23 bits per heavy atom. The van der Waals surface area contributed by atoms with Crippen LogP contribution in [0.3, 0.4) is 0 Å². The maximum Gasteiger partial charge on any atom is 0.410 e. The molecule has 2 amide bonds. The minimum atomic E-state index is -0.841. The molecule has 0 saturated carbocycles. The number of piperazine rings is 1. The van der Waals surface area contributed by atoms with Crippen molar-refractivity contribution in [2.45, 2.75) is 123 Å². The van der Waals surface area contributed by atoms with Gasteiger partial charge in [-0.15, -0.1) is 0 Å². The number of esters is 1. The number of hydrogen-bond acceptors (Lipinski definition) is 9. The Hall–Kier alpha value is -3.57. The summed E-state index contributed by atoms with van der Waals surface area (Å²) in [6.45, 7) is 17.9. The predicted molar refractivity (Wildman–Crippen MR) is 208 cm³/mol. The molecule has 4 heterocycles. The first-order valence-electron chi connectivity index (χ1n) is 20.0. The normalized spacial score (nSPS) is 28.4. The third-order valence-corrected chi connectivity index (χ3v) is 11.1. The Morgan fingerprint density at radius 1 is 0.868 bits per heavy atom. The van der Waals surface area contributed by atoms with Crippen LogP contribution in [-0.4, -0.2) is 120 Å². The maximum absolute atomic E-state index is 13.5. The van der Waals surface area contributed by atoms with E-state index in [0.717, 1.165) is 42.8 Å². The molecule has 11 heteroatoms. The van der Waals surface area contributed by atoms with Gasteiger partial charge in [-0.05, 0) is 115 Å². The number of nitrogens with zero attached hydrogens (tertiary/aromatic N) is 4. The SMILES string of the molecule is C/C(=C\c1cccc(N2CCN(C(=O)OC(C)(C)C)CC2)c1)[C@H]1OC(=O)C[C@H](O)CC[C@H](C)[C@@H](OC(=O)N2CCC(N3CCCCC3)CC2)/C=C/[C@@H]1C. The molecular formula is C42H64N4O7. The van der Waals surface area contributed by atoms with Crippen LogP contribution < -0.4 is 4.90 Å². The summed E-state index contributed by atoms with van der Waals surface area (Å²) >= 11 is 0. The summed E-state index contributed by atoms with van der Waals surface area (Å²) in [6.07, 6.45) is 10.3. The van der Waals surface area contributed by atoms with E-state index in [0.29, 0.717) is 58.2 Å². The highest BCUT2D eigenvalue weighted by Crippen LogP contribution is 2.28. The van der Waals surface area contributed by atoms with E-state index in [1.165, 1.54) is 19.3 Å². The molecular weight excluding hydrogens is 672 g/mol. The van der Waals surface area contributed by atoms with Crippen molar-refractivity contribution < 1.29 is 33.7 Å². The van der Waals surface area contributed by atoms with E-state index in [1.807, 2.05) is 76.8 Å². The van der Waals surface area contributed by atoms with E-state index in [1.54, 1.807) is 4.90 Å². The molecule has 3 fully saturated rings. The number of likely N-dealkylation sites (tertiary alicyclic amines) is 2. The second kappa shape index (κ2) is 18.7. The number of piperidine rings is 2. The van der Waals surface area contributed by atoms with Crippen LogP contribution in [-0.2, 0) is 19.0 Å². The van der Waals surface area contributed by atoms with Crippen molar-refractivity contribution in [2.75, 3.05) is 57.3 Å². The average molecular weight is 737 g/mol. The minimum Gasteiger partial charge on any atom is -0.457 e. The van der Waals surface area contributed by atoms with Crippen molar-refractivity contribution in [2.24, 2.45) is 11.8 Å². The number of ether oxygens (including phenoxy) is 3. The van der Waals surface area contributed by atoms with Crippen molar-refractivity contribution in [1.29, 1.82) is 0 Å². The fourth-order valence-corrected chi connectivity index (χ4v) is 7.97. The molecule has 0 aromatic heterocycles. The van der Waals surface area contributed by atoms with E-state index in [-0.39, 0.29) is 30.4 Å². The molecule has 1 aromatic rings. The van der Waals surface area contributed by atoms with Gasteiger partial charge >= 0.3 is 18.2 Å². The third kappa shape index (κ3) is 12.0. The van der Waals surface area contributed by atoms with Crippen LogP contribution in [0, 0.1) is 11.8 Å². The summed E-state index contributed by atoms with van der Waals surface area (Å²) < 4.78 is 17.8. The molecule has 294 valence electrons.